The Bertz CT molecular complexity index is 867. The number of nitro benzene ring substituents is 1. The van der Waals surface area contributed by atoms with Gasteiger partial charge in [0, 0.05) is 25.2 Å². The molecule has 0 aliphatic carbocycles. The van der Waals surface area contributed by atoms with Crippen molar-refractivity contribution in [3.63, 3.8) is 0 Å². The van der Waals surface area contributed by atoms with Crippen LogP contribution in [0.2, 0.25) is 0 Å². The molecule has 0 radical (unpaired) electrons. The Kier molecular flexibility index (Phi) is 5.10. The molecule has 26 heavy (non-hydrogen) atoms. The van der Waals surface area contributed by atoms with Crippen LogP contribution in [0.3, 0.4) is 0 Å². The second-order valence-electron chi connectivity index (χ2n) is 5.58. The van der Waals surface area contributed by atoms with Gasteiger partial charge < -0.3 is 14.4 Å². The average Bonchev–Trinajstić information content (AvgIpc) is 2.68. The molecule has 0 N–H and O–H groups in total. The second-order valence-corrected chi connectivity index (χ2v) is 5.58. The largest absolute Gasteiger partial charge is 0.423 e. The highest BCUT2D eigenvalue weighted by molar-refractivity contribution is 5.98. The maximum absolute atomic E-state index is 12.6. The summed E-state index contributed by atoms with van der Waals surface area (Å²) in [4.78, 5) is 25.1. The average molecular weight is 353 g/mol. The number of nitriles is 1. The Balaban J connectivity index is 1.91. The summed E-state index contributed by atoms with van der Waals surface area (Å²) in [5.74, 6) is -0.437. The number of anilines is 1. The summed E-state index contributed by atoms with van der Waals surface area (Å²) in [6.07, 6.45) is 0. The molecule has 0 unspecified atom stereocenters. The van der Waals surface area contributed by atoms with Gasteiger partial charge in [0.25, 0.3) is 5.69 Å². The fourth-order valence-electron chi connectivity index (χ4n) is 2.64. The summed E-state index contributed by atoms with van der Waals surface area (Å²) in [5.41, 5.74) is 0.936. The van der Waals surface area contributed by atoms with E-state index in [0.29, 0.717) is 37.6 Å². The van der Waals surface area contributed by atoms with Crippen LogP contribution < -0.4 is 9.64 Å². The molecule has 0 aromatic heterocycles. The molecular formula is C18H15N3O5. The number of hydrogen-bond acceptors (Lipinski definition) is 7. The topological polar surface area (TPSA) is 106 Å². The highest BCUT2D eigenvalue weighted by Crippen LogP contribution is 2.28. The predicted octanol–water partition coefficient (Wildman–Crippen LogP) is 2.52. The number of hydrogen-bond donors (Lipinski definition) is 0. The van der Waals surface area contributed by atoms with Crippen LogP contribution in [-0.2, 0) is 4.74 Å². The lowest BCUT2D eigenvalue weighted by molar-refractivity contribution is -0.384. The van der Waals surface area contributed by atoms with E-state index in [1.807, 2.05) is 11.0 Å². The van der Waals surface area contributed by atoms with Gasteiger partial charge in [-0.15, -0.1) is 0 Å². The van der Waals surface area contributed by atoms with Gasteiger partial charge >= 0.3 is 5.97 Å². The second kappa shape index (κ2) is 7.63. The van der Waals surface area contributed by atoms with Gasteiger partial charge in [0.05, 0.1) is 41.0 Å². The van der Waals surface area contributed by atoms with Crippen LogP contribution in [0.4, 0.5) is 11.4 Å². The number of nitro groups is 1. The number of benzene rings is 2. The van der Waals surface area contributed by atoms with Crippen LogP contribution in [0.15, 0.2) is 42.5 Å². The number of rotatable bonds is 4. The number of non-ortho nitro benzene ring substituents is 1. The van der Waals surface area contributed by atoms with E-state index >= 15 is 0 Å². The first kappa shape index (κ1) is 17.4. The van der Waals surface area contributed by atoms with Crippen molar-refractivity contribution in [2.24, 2.45) is 0 Å². The van der Waals surface area contributed by atoms with Crippen molar-refractivity contribution in [1.29, 1.82) is 5.26 Å². The van der Waals surface area contributed by atoms with Crippen LogP contribution >= 0.6 is 0 Å². The van der Waals surface area contributed by atoms with Gasteiger partial charge in [-0.05, 0) is 30.3 Å². The molecule has 1 heterocycles. The van der Waals surface area contributed by atoms with Gasteiger partial charge in [0.2, 0.25) is 0 Å². The summed E-state index contributed by atoms with van der Waals surface area (Å²) < 4.78 is 10.6. The van der Waals surface area contributed by atoms with Crippen LogP contribution in [0, 0.1) is 21.4 Å². The first-order valence-electron chi connectivity index (χ1n) is 7.92. The lowest BCUT2D eigenvalue weighted by Crippen LogP contribution is -2.37. The molecule has 0 atom stereocenters. The molecule has 1 aliphatic rings. The molecule has 0 amide bonds. The molecule has 2 aromatic rings. The van der Waals surface area contributed by atoms with E-state index in [2.05, 4.69) is 0 Å². The minimum Gasteiger partial charge on any atom is -0.423 e. The van der Waals surface area contributed by atoms with Crippen molar-refractivity contribution >= 4 is 17.3 Å². The molecule has 1 aliphatic heterocycles. The molecule has 0 saturated carbocycles. The SMILES string of the molecule is N#Cc1ccc(OC(=O)c2cc([N+](=O)[O-])ccc2N2CCOCC2)cc1. The number of nitrogens with zero attached hydrogens (tertiary/aromatic N) is 3. The number of esters is 1. The molecule has 0 bridgehead atoms. The standard InChI is InChI=1S/C18H15N3O5/c19-12-13-1-4-15(5-2-13)26-18(22)16-11-14(21(23)24)3-6-17(16)20-7-9-25-10-8-20/h1-6,11H,7-10H2. The maximum atomic E-state index is 12.6. The molecular weight excluding hydrogens is 338 g/mol. The normalized spacial score (nSPS) is 13.7. The van der Waals surface area contributed by atoms with E-state index in [4.69, 9.17) is 14.7 Å². The van der Waals surface area contributed by atoms with E-state index in [0.717, 1.165) is 0 Å². The minimum absolute atomic E-state index is 0.116. The van der Waals surface area contributed by atoms with E-state index in [9.17, 15) is 14.9 Å². The van der Waals surface area contributed by atoms with Crippen LogP contribution in [-0.4, -0.2) is 37.2 Å². The molecule has 1 fully saturated rings. The number of morpholine rings is 1. The Morgan fingerprint density at radius 1 is 1.19 bits per heavy atom. The Hall–Kier alpha value is -3.44. The fraction of sp³-hybridized carbons (Fsp3) is 0.222. The highest BCUT2D eigenvalue weighted by atomic mass is 16.6. The molecule has 8 nitrogen and oxygen atoms in total. The highest BCUT2D eigenvalue weighted by Gasteiger charge is 2.23. The first-order chi connectivity index (χ1) is 12.6. The molecule has 0 spiro atoms. The zero-order valence-electron chi connectivity index (χ0n) is 13.8. The summed E-state index contributed by atoms with van der Waals surface area (Å²) in [7, 11) is 0. The maximum Gasteiger partial charge on any atom is 0.345 e. The van der Waals surface area contributed by atoms with Crippen molar-refractivity contribution in [3.05, 3.63) is 63.7 Å². The van der Waals surface area contributed by atoms with Gasteiger partial charge in [0.1, 0.15) is 5.75 Å². The van der Waals surface area contributed by atoms with Gasteiger partial charge in [-0.25, -0.2) is 4.79 Å². The fourth-order valence-corrected chi connectivity index (χ4v) is 2.64. The Labute approximate surface area is 149 Å². The van der Waals surface area contributed by atoms with Crippen LogP contribution in [0.1, 0.15) is 15.9 Å². The van der Waals surface area contributed by atoms with Crippen LogP contribution in [0.25, 0.3) is 0 Å². The van der Waals surface area contributed by atoms with E-state index in [-0.39, 0.29) is 17.0 Å². The number of ether oxygens (including phenoxy) is 2. The third kappa shape index (κ3) is 3.79. The summed E-state index contributed by atoms with van der Waals surface area (Å²) in [6.45, 7) is 2.19. The zero-order valence-corrected chi connectivity index (χ0v) is 13.8. The third-order valence-electron chi connectivity index (χ3n) is 3.96. The van der Waals surface area contributed by atoms with Crippen molar-refractivity contribution in [2.45, 2.75) is 0 Å². The number of carbonyl (C=O) groups is 1. The summed E-state index contributed by atoms with van der Waals surface area (Å²) >= 11 is 0. The number of carbonyl (C=O) groups excluding carboxylic acids is 1. The lowest BCUT2D eigenvalue weighted by atomic mass is 10.1. The first-order valence-corrected chi connectivity index (χ1v) is 7.92. The Morgan fingerprint density at radius 2 is 1.88 bits per heavy atom. The quantitative estimate of drug-likeness (QED) is 0.360. The Morgan fingerprint density at radius 3 is 2.50 bits per heavy atom. The molecule has 3 rings (SSSR count). The molecule has 132 valence electrons. The van der Waals surface area contributed by atoms with Gasteiger partial charge in [-0.1, -0.05) is 0 Å². The molecule has 1 saturated heterocycles. The van der Waals surface area contributed by atoms with Crippen molar-refractivity contribution in [2.75, 3.05) is 31.2 Å². The van der Waals surface area contributed by atoms with E-state index < -0.39 is 10.9 Å². The summed E-state index contributed by atoms with van der Waals surface area (Å²) in [6, 6.07) is 12.2. The smallest absolute Gasteiger partial charge is 0.345 e. The van der Waals surface area contributed by atoms with Crippen molar-refractivity contribution < 1.29 is 19.2 Å². The minimum atomic E-state index is -0.695. The third-order valence-corrected chi connectivity index (χ3v) is 3.96. The van der Waals surface area contributed by atoms with E-state index in [1.165, 1.54) is 36.4 Å². The van der Waals surface area contributed by atoms with Crippen LogP contribution in [0.5, 0.6) is 5.75 Å². The molecule has 8 heteroatoms. The van der Waals surface area contributed by atoms with Crippen molar-refractivity contribution in [3.8, 4) is 11.8 Å². The van der Waals surface area contributed by atoms with Gasteiger partial charge in [0.15, 0.2) is 0 Å². The van der Waals surface area contributed by atoms with Gasteiger partial charge in [-0.2, -0.15) is 5.26 Å². The van der Waals surface area contributed by atoms with E-state index in [1.54, 1.807) is 6.07 Å². The predicted molar refractivity (Wildman–Crippen MR) is 92.2 cm³/mol. The molecule has 2 aromatic carbocycles. The lowest BCUT2D eigenvalue weighted by Gasteiger charge is -2.30. The van der Waals surface area contributed by atoms with Gasteiger partial charge in [-0.3, -0.25) is 10.1 Å². The van der Waals surface area contributed by atoms with Crippen molar-refractivity contribution in [1.82, 2.24) is 0 Å². The monoisotopic (exact) mass is 353 g/mol. The zero-order chi connectivity index (χ0) is 18.5. The summed E-state index contributed by atoms with van der Waals surface area (Å²) in [5, 5.41) is 19.9.